The van der Waals surface area contributed by atoms with Gasteiger partial charge in [0.25, 0.3) is 0 Å². The van der Waals surface area contributed by atoms with Crippen molar-refractivity contribution in [2.24, 2.45) is 5.73 Å². The van der Waals surface area contributed by atoms with E-state index >= 15 is 0 Å². The number of nitrogens with zero attached hydrogens (tertiary/aromatic N) is 1. The van der Waals surface area contributed by atoms with E-state index < -0.39 is 11.7 Å². The van der Waals surface area contributed by atoms with Crippen LogP contribution in [0.4, 0.5) is 18.9 Å². The van der Waals surface area contributed by atoms with E-state index in [1.165, 1.54) is 12.1 Å². The predicted molar refractivity (Wildman–Crippen MR) is 67.7 cm³/mol. The van der Waals surface area contributed by atoms with Gasteiger partial charge in [0, 0.05) is 18.8 Å². The minimum absolute atomic E-state index is 0.00598. The maximum Gasteiger partial charge on any atom is 0.418 e. The quantitative estimate of drug-likeness (QED) is 0.901. The van der Waals surface area contributed by atoms with Crippen molar-refractivity contribution >= 4 is 5.69 Å². The first-order valence-electron chi connectivity index (χ1n) is 5.90. The molecule has 0 amide bonds. The van der Waals surface area contributed by atoms with E-state index in [2.05, 4.69) is 0 Å². The first kappa shape index (κ1) is 14.8. The van der Waals surface area contributed by atoms with E-state index in [9.17, 15) is 13.2 Å². The molecule has 0 atom stereocenters. The predicted octanol–water partition coefficient (Wildman–Crippen LogP) is 3.05. The van der Waals surface area contributed by atoms with E-state index in [4.69, 9.17) is 5.73 Å². The average Bonchev–Trinajstić information content (AvgIpc) is 2.27. The van der Waals surface area contributed by atoms with Crippen molar-refractivity contribution in [2.75, 3.05) is 18.5 Å². The van der Waals surface area contributed by atoms with Crippen molar-refractivity contribution in [3.05, 3.63) is 29.3 Å². The molecule has 0 aliphatic rings. The fourth-order valence-electron chi connectivity index (χ4n) is 1.72. The van der Waals surface area contributed by atoms with E-state index in [0.29, 0.717) is 18.5 Å². The van der Waals surface area contributed by atoms with Crippen LogP contribution < -0.4 is 10.6 Å². The van der Waals surface area contributed by atoms with Gasteiger partial charge >= 0.3 is 6.18 Å². The first-order valence-corrected chi connectivity index (χ1v) is 5.90. The lowest BCUT2D eigenvalue weighted by Crippen LogP contribution is -2.28. The summed E-state index contributed by atoms with van der Waals surface area (Å²) < 4.78 is 39.1. The maximum absolute atomic E-state index is 13.0. The summed E-state index contributed by atoms with van der Waals surface area (Å²) in [5.41, 5.74) is 5.60. The molecule has 1 rings (SSSR count). The number of hydrogen-bond donors (Lipinski definition) is 1. The molecule has 102 valence electrons. The second kappa shape index (κ2) is 5.61. The van der Waals surface area contributed by atoms with Gasteiger partial charge in [-0.3, -0.25) is 0 Å². The Bertz CT molecular complexity index is 400. The van der Waals surface area contributed by atoms with Crippen molar-refractivity contribution in [2.45, 2.75) is 32.5 Å². The van der Waals surface area contributed by atoms with Gasteiger partial charge in [0.15, 0.2) is 0 Å². The van der Waals surface area contributed by atoms with E-state index in [-0.39, 0.29) is 11.7 Å². The zero-order valence-corrected chi connectivity index (χ0v) is 10.9. The van der Waals surface area contributed by atoms with Crippen LogP contribution in [0.25, 0.3) is 0 Å². The van der Waals surface area contributed by atoms with Crippen LogP contribution in [0.15, 0.2) is 18.2 Å². The molecular formula is C13H19F3N2. The molecule has 2 N–H and O–H groups in total. The molecule has 0 radical (unpaired) electrons. The van der Waals surface area contributed by atoms with Crippen LogP contribution in [0.2, 0.25) is 0 Å². The molecule has 0 heterocycles. The summed E-state index contributed by atoms with van der Waals surface area (Å²) in [5, 5.41) is 0. The van der Waals surface area contributed by atoms with Crippen molar-refractivity contribution in [1.82, 2.24) is 0 Å². The molecule has 0 aromatic heterocycles. The van der Waals surface area contributed by atoms with Crippen molar-refractivity contribution in [3.8, 4) is 0 Å². The number of alkyl halides is 3. The standard InChI is InChI=1S/C13H19F3N2/c1-9(2)18(3)12-5-4-10(6-7-17)8-11(12)13(14,15)16/h4-5,8-9H,6-7,17H2,1-3H3. The molecule has 0 fully saturated rings. The highest BCUT2D eigenvalue weighted by Crippen LogP contribution is 2.37. The largest absolute Gasteiger partial charge is 0.418 e. The van der Waals surface area contributed by atoms with Crippen LogP contribution in [0.3, 0.4) is 0 Å². The van der Waals surface area contributed by atoms with Crippen LogP contribution >= 0.6 is 0 Å². The van der Waals surface area contributed by atoms with E-state index in [1.807, 2.05) is 13.8 Å². The smallest absolute Gasteiger partial charge is 0.372 e. The Hall–Kier alpha value is -1.23. The number of anilines is 1. The van der Waals surface area contributed by atoms with Gasteiger partial charge < -0.3 is 10.6 Å². The highest BCUT2D eigenvalue weighted by atomic mass is 19.4. The normalized spacial score (nSPS) is 12.0. The summed E-state index contributed by atoms with van der Waals surface area (Å²) in [6.45, 7) is 4.05. The van der Waals surface area contributed by atoms with Gasteiger partial charge in [-0.2, -0.15) is 13.2 Å². The Morgan fingerprint density at radius 1 is 1.28 bits per heavy atom. The van der Waals surface area contributed by atoms with Crippen molar-refractivity contribution in [1.29, 1.82) is 0 Å². The Balaban J connectivity index is 3.25. The fourth-order valence-corrected chi connectivity index (χ4v) is 1.72. The van der Waals surface area contributed by atoms with Crippen LogP contribution in [-0.2, 0) is 12.6 Å². The van der Waals surface area contributed by atoms with Crippen LogP contribution in [0.1, 0.15) is 25.0 Å². The summed E-state index contributed by atoms with van der Waals surface area (Å²) in [5.74, 6) is 0. The van der Waals surface area contributed by atoms with Gasteiger partial charge in [-0.25, -0.2) is 0 Å². The summed E-state index contributed by atoms with van der Waals surface area (Å²) in [6, 6.07) is 4.43. The van der Waals surface area contributed by atoms with Gasteiger partial charge in [-0.15, -0.1) is 0 Å². The van der Waals surface area contributed by atoms with Gasteiger partial charge in [-0.1, -0.05) is 6.07 Å². The lowest BCUT2D eigenvalue weighted by atomic mass is 10.0. The number of rotatable bonds is 4. The molecule has 1 aromatic carbocycles. The molecule has 0 bridgehead atoms. The summed E-state index contributed by atoms with van der Waals surface area (Å²) in [4.78, 5) is 1.62. The zero-order valence-electron chi connectivity index (χ0n) is 10.9. The van der Waals surface area contributed by atoms with Gasteiger partial charge in [0.2, 0.25) is 0 Å². The molecule has 1 aromatic rings. The Morgan fingerprint density at radius 3 is 2.33 bits per heavy atom. The number of nitrogens with two attached hydrogens (primary N) is 1. The second-order valence-corrected chi connectivity index (χ2v) is 4.59. The highest BCUT2D eigenvalue weighted by molar-refractivity contribution is 5.56. The second-order valence-electron chi connectivity index (χ2n) is 4.59. The van der Waals surface area contributed by atoms with Gasteiger partial charge in [0.05, 0.1) is 5.56 Å². The molecular weight excluding hydrogens is 241 g/mol. The topological polar surface area (TPSA) is 29.3 Å². The highest BCUT2D eigenvalue weighted by Gasteiger charge is 2.34. The summed E-state index contributed by atoms with van der Waals surface area (Å²) in [6.07, 6.45) is -3.89. The molecule has 5 heteroatoms. The van der Waals surface area contributed by atoms with Gasteiger partial charge in [0.1, 0.15) is 0 Å². The number of hydrogen-bond acceptors (Lipinski definition) is 2. The Labute approximate surface area is 106 Å². The summed E-state index contributed by atoms with van der Waals surface area (Å²) in [7, 11) is 1.66. The van der Waals surface area contributed by atoms with Gasteiger partial charge in [-0.05, 0) is 44.5 Å². The summed E-state index contributed by atoms with van der Waals surface area (Å²) >= 11 is 0. The average molecular weight is 260 g/mol. The van der Waals surface area contributed by atoms with Crippen molar-refractivity contribution < 1.29 is 13.2 Å². The molecule has 2 nitrogen and oxygen atoms in total. The Morgan fingerprint density at radius 2 is 1.89 bits per heavy atom. The third-order valence-electron chi connectivity index (χ3n) is 2.95. The molecule has 18 heavy (non-hydrogen) atoms. The molecule has 0 aliphatic carbocycles. The van der Waals surface area contributed by atoms with Crippen LogP contribution in [0.5, 0.6) is 0 Å². The SMILES string of the molecule is CC(C)N(C)c1ccc(CCN)cc1C(F)(F)F. The van der Waals surface area contributed by atoms with Crippen LogP contribution in [0, 0.1) is 0 Å². The third kappa shape index (κ3) is 3.38. The first-order chi connectivity index (χ1) is 8.27. The minimum atomic E-state index is -4.34. The monoisotopic (exact) mass is 260 g/mol. The molecule has 0 spiro atoms. The molecule has 0 unspecified atom stereocenters. The third-order valence-corrected chi connectivity index (χ3v) is 2.95. The maximum atomic E-state index is 13.0. The molecule has 0 saturated carbocycles. The number of halogens is 3. The zero-order chi connectivity index (χ0) is 13.9. The number of benzene rings is 1. The van der Waals surface area contributed by atoms with E-state index in [1.54, 1.807) is 18.0 Å². The lowest BCUT2D eigenvalue weighted by Gasteiger charge is -2.27. The molecule has 0 aliphatic heterocycles. The van der Waals surface area contributed by atoms with Crippen molar-refractivity contribution in [3.63, 3.8) is 0 Å². The van der Waals surface area contributed by atoms with E-state index in [0.717, 1.165) is 0 Å². The lowest BCUT2D eigenvalue weighted by molar-refractivity contribution is -0.137. The minimum Gasteiger partial charge on any atom is -0.372 e. The molecule has 0 saturated heterocycles. The van der Waals surface area contributed by atoms with Crippen LogP contribution in [-0.4, -0.2) is 19.6 Å². The Kier molecular flexibility index (Phi) is 4.62. The fraction of sp³-hybridized carbons (Fsp3) is 0.538.